The number of fused-ring (bicyclic) bond motifs is 1. The molecule has 0 amide bonds. The van der Waals surface area contributed by atoms with Crippen LogP contribution < -0.4 is 15.2 Å². The molecule has 0 unspecified atom stereocenters. The van der Waals surface area contributed by atoms with Crippen molar-refractivity contribution in [1.82, 2.24) is 0 Å². The van der Waals surface area contributed by atoms with Crippen LogP contribution in [0.5, 0.6) is 11.5 Å². The first kappa shape index (κ1) is 13.1. The monoisotopic (exact) mass is 263 g/mol. The summed E-state index contributed by atoms with van der Waals surface area (Å²) in [6.45, 7) is 0.205. The molecule has 6 heteroatoms. The summed E-state index contributed by atoms with van der Waals surface area (Å²) < 4.78 is 10.5. The highest BCUT2D eigenvalue weighted by Gasteiger charge is 2.20. The van der Waals surface area contributed by atoms with Crippen molar-refractivity contribution in [3.63, 3.8) is 0 Å². The Morgan fingerprint density at radius 1 is 1.50 bits per heavy atom. The van der Waals surface area contributed by atoms with Gasteiger partial charge >= 0.3 is 0 Å². The molecule has 0 radical (unpaired) electrons. The van der Waals surface area contributed by atoms with E-state index in [9.17, 15) is 4.79 Å². The number of carbonyl (C=O) groups is 1. The highest BCUT2D eigenvalue weighted by atomic mass is 35.5. The Balaban J connectivity index is 0.00000128. The third-order valence-electron chi connectivity index (χ3n) is 2.21. The summed E-state index contributed by atoms with van der Waals surface area (Å²) >= 11 is 5.29. The van der Waals surface area contributed by atoms with E-state index in [2.05, 4.69) is 0 Å². The highest BCUT2D eigenvalue weighted by molar-refractivity contribution is 6.64. The SMILES string of the molecule is Cl.N[C@@H](Cc1cccc2c1OCO2)C(=O)Cl. The van der Waals surface area contributed by atoms with Crippen molar-refractivity contribution in [2.75, 3.05) is 6.79 Å². The largest absolute Gasteiger partial charge is 0.454 e. The lowest BCUT2D eigenvalue weighted by atomic mass is 10.1. The molecule has 0 aliphatic carbocycles. The summed E-state index contributed by atoms with van der Waals surface area (Å²) in [6.07, 6.45) is 0.356. The summed E-state index contributed by atoms with van der Waals surface area (Å²) in [4.78, 5) is 10.8. The first-order valence-corrected chi connectivity index (χ1v) is 4.88. The number of rotatable bonds is 3. The summed E-state index contributed by atoms with van der Waals surface area (Å²) in [5.41, 5.74) is 6.40. The van der Waals surface area contributed by atoms with Crippen LogP contribution in [0.3, 0.4) is 0 Å². The Labute approximate surface area is 104 Å². The van der Waals surface area contributed by atoms with E-state index < -0.39 is 11.3 Å². The maximum Gasteiger partial charge on any atom is 0.238 e. The zero-order valence-electron chi connectivity index (χ0n) is 8.31. The van der Waals surface area contributed by atoms with Crippen LogP contribution in [0.2, 0.25) is 0 Å². The molecule has 2 N–H and O–H groups in total. The van der Waals surface area contributed by atoms with E-state index in [-0.39, 0.29) is 19.2 Å². The van der Waals surface area contributed by atoms with Gasteiger partial charge in [-0.05, 0) is 24.1 Å². The van der Waals surface area contributed by atoms with Gasteiger partial charge in [-0.1, -0.05) is 12.1 Å². The molecule has 1 aliphatic rings. The zero-order chi connectivity index (χ0) is 10.8. The van der Waals surface area contributed by atoms with Gasteiger partial charge in [0, 0.05) is 5.56 Å². The van der Waals surface area contributed by atoms with Gasteiger partial charge in [-0.2, -0.15) is 0 Å². The molecule has 0 spiro atoms. The predicted molar refractivity (Wildman–Crippen MR) is 62.4 cm³/mol. The normalized spacial score (nSPS) is 14.1. The van der Waals surface area contributed by atoms with Crippen LogP contribution in [0.1, 0.15) is 5.56 Å². The average Bonchev–Trinajstić information content (AvgIpc) is 2.66. The number of nitrogens with two attached hydrogens (primary N) is 1. The molecule has 0 bridgehead atoms. The molecule has 1 aromatic carbocycles. The number of benzene rings is 1. The van der Waals surface area contributed by atoms with Crippen LogP contribution in [-0.4, -0.2) is 18.1 Å². The Morgan fingerprint density at radius 3 is 2.94 bits per heavy atom. The smallest absolute Gasteiger partial charge is 0.238 e. The first-order valence-electron chi connectivity index (χ1n) is 4.51. The third-order valence-corrected chi connectivity index (χ3v) is 2.49. The van der Waals surface area contributed by atoms with Crippen molar-refractivity contribution in [3.05, 3.63) is 23.8 Å². The molecule has 1 aromatic rings. The van der Waals surface area contributed by atoms with Crippen LogP contribution in [0.15, 0.2) is 18.2 Å². The number of hydrogen-bond acceptors (Lipinski definition) is 4. The molecule has 88 valence electrons. The third kappa shape index (κ3) is 2.58. The standard InChI is InChI=1S/C10H10ClNO3.ClH/c11-10(13)7(12)4-6-2-1-3-8-9(6)15-5-14-8;/h1-3,7H,4-5,12H2;1H/t7-;/m0./s1. The number of halogens is 2. The minimum absolute atomic E-state index is 0. The molecular formula is C10H11Cl2NO3. The van der Waals surface area contributed by atoms with Crippen molar-refractivity contribution in [3.8, 4) is 11.5 Å². The van der Waals surface area contributed by atoms with Gasteiger partial charge in [-0.25, -0.2) is 0 Å². The van der Waals surface area contributed by atoms with Crippen molar-refractivity contribution in [2.24, 2.45) is 5.73 Å². The van der Waals surface area contributed by atoms with Crippen LogP contribution in [0.4, 0.5) is 0 Å². The topological polar surface area (TPSA) is 61.6 Å². The number of hydrogen-bond donors (Lipinski definition) is 1. The predicted octanol–water partition coefficient (Wildman–Crippen LogP) is 1.47. The van der Waals surface area contributed by atoms with Crippen LogP contribution in [0.25, 0.3) is 0 Å². The molecule has 2 rings (SSSR count). The van der Waals surface area contributed by atoms with E-state index >= 15 is 0 Å². The number of carbonyl (C=O) groups excluding carboxylic acids is 1. The Morgan fingerprint density at radius 2 is 2.25 bits per heavy atom. The summed E-state index contributed by atoms with van der Waals surface area (Å²) in [6, 6.07) is 4.77. The Bertz CT molecular complexity index is 398. The maximum absolute atomic E-state index is 10.8. The second kappa shape index (κ2) is 5.39. The van der Waals surface area contributed by atoms with Gasteiger partial charge in [0.2, 0.25) is 12.0 Å². The van der Waals surface area contributed by atoms with Gasteiger partial charge in [0.25, 0.3) is 0 Å². The van der Waals surface area contributed by atoms with E-state index in [1.54, 1.807) is 6.07 Å². The van der Waals surface area contributed by atoms with Gasteiger partial charge < -0.3 is 15.2 Å². The van der Waals surface area contributed by atoms with Gasteiger partial charge in [0.05, 0.1) is 6.04 Å². The average molecular weight is 264 g/mol. The van der Waals surface area contributed by atoms with Gasteiger partial charge in [-0.15, -0.1) is 12.4 Å². The quantitative estimate of drug-likeness (QED) is 0.840. The molecule has 0 saturated heterocycles. The minimum Gasteiger partial charge on any atom is -0.454 e. The molecule has 0 saturated carbocycles. The van der Waals surface area contributed by atoms with Crippen LogP contribution in [-0.2, 0) is 11.2 Å². The zero-order valence-corrected chi connectivity index (χ0v) is 9.88. The summed E-state index contributed by atoms with van der Waals surface area (Å²) in [5.74, 6) is 1.34. The van der Waals surface area contributed by atoms with Crippen molar-refractivity contribution < 1.29 is 14.3 Å². The fourth-order valence-electron chi connectivity index (χ4n) is 1.47. The fourth-order valence-corrected chi connectivity index (χ4v) is 1.55. The van der Waals surface area contributed by atoms with E-state index in [0.29, 0.717) is 17.9 Å². The number of para-hydroxylation sites is 1. The van der Waals surface area contributed by atoms with Crippen LogP contribution in [0, 0.1) is 0 Å². The highest BCUT2D eigenvalue weighted by Crippen LogP contribution is 2.35. The van der Waals surface area contributed by atoms with Gasteiger partial charge in [-0.3, -0.25) is 4.79 Å². The molecule has 1 aliphatic heterocycles. The van der Waals surface area contributed by atoms with E-state index in [4.69, 9.17) is 26.8 Å². The lowest BCUT2D eigenvalue weighted by Crippen LogP contribution is -2.29. The van der Waals surface area contributed by atoms with E-state index in [0.717, 1.165) is 5.56 Å². The number of ether oxygens (including phenoxy) is 2. The fraction of sp³-hybridized carbons (Fsp3) is 0.300. The van der Waals surface area contributed by atoms with Crippen molar-refractivity contribution >= 4 is 29.3 Å². The molecule has 1 heterocycles. The minimum atomic E-state index is -0.706. The molecule has 1 atom stereocenters. The molecule has 0 fully saturated rings. The summed E-state index contributed by atoms with van der Waals surface area (Å²) in [5, 5.41) is -0.550. The van der Waals surface area contributed by atoms with Crippen molar-refractivity contribution in [2.45, 2.75) is 12.5 Å². The van der Waals surface area contributed by atoms with E-state index in [1.807, 2.05) is 12.1 Å². The molecule has 4 nitrogen and oxygen atoms in total. The summed E-state index contributed by atoms with van der Waals surface area (Å²) in [7, 11) is 0. The lowest BCUT2D eigenvalue weighted by Gasteiger charge is -2.08. The van der Waals surface area contributed by atoms with Gasteiger partial charge in [0.1, 0.15) is 0 Å². The Kier molecular flexibility index (Phi) is 4.41. The maximum atomic E-state index is 10.8. The molecular weight excluding hydrogens is 253 g/mol. The molecule has 16 heavy (non-hydrogen) atoms. The van der Waals surface area contributed by atoms with Crippen molar-refractivity contribution in [1.29, 1.82) is 0 Å². The second-order valence-corrected chi connectivity index (χ2v) is 3.64. The molecule has 0 aromatic heterocycles. The second-order valence-electron chi connectivity index (χ2n) is 3.27. The first-order chi connectivity index (χ1) is 7.18. The van der Waals surface area contributed by atoms with Crippen LogP contribution >= 0.6 is 24.0 Å². The van der Waals surface area contributed by atoms with E-state index in [1.165, 1.54) is 0 Å². The Hall–Kier alpha value is -0.970. The van der Waals surface area contributed by atoms with Gasteiger partial charge in [0.15, 0.2) is 11.5 Å². The lowest BCUT2D eigenvalue weighted by molar-refractivity contribution is -0.112.